The van der Waals surface area contributed by atoms with E-state index in [0.29, 0.717) is 19.3 Å². The van der Waals surface area contributed by atoms with Crippen LogP contribution in [0, 0.1) is 0 Å². The van der Waals surface area contributed by atoms with Gasteiger partial charge in [0.15, 0.2) is 0 Å². The first-order valence-corrected chi connectivity index (χ1v) is 28.7. The highest BCUT2D eigenvalue weighted by Gasteiger charge is 2.24. The van der Waals surface area contributed by atoms with Crippen LogP contribution in [0.5, 0.6) is 0 Å². The summed E-state index contributed by atoms with van der Waals surface area (Å²) < 4.78 is 5.93. The fourth-order valence-corrected chi connectivity index (χ4v) is 8.39. The first-order chi connectivity index (χ1) is 33.0. The van der Waals surface area contributed by atoms with Gasteiger partial charge in [-0.05, 0) is 96.3 Å². The molecule has 0 heterocycles. The predicted molar refractivity (Wildman–Crippen MR) is 291 cm³/mol. The lowest BCUT2D eigenvalue weighted by molar-refractivity contribution is -0.151. The van der Waals surface area contributed by atoms with E-state index in [2.05, 4.69) is 99.0 Å². The van der Waals surface area contributed by atoms with Crippen LogP contribution >= 0.6 is 0 Å². The van der Waals surface area contributed by atoms with E-state index in [4.69, 9.17) is 4.74 Å². The number of nitrogens with one attached hydrogen (secondary N) is 1. The van der Waals surface area contributed by atoms with Gasteiger partial charge in [0.05, 0.1) is 25.2 Å². The van der Waals surface area contributed by atoms with E-state index in [1.54, 1.807) is 0 Å². The summed E-state index contributed by atoms with van der Waals surface area (Å²) in [6, 6.07) is -0.724. The normalized spacial score (nSPS) is 13.7. The summed E-state index contributed by atoms with van der Waals surface area (Å²) in [7, 11) is 0. The summed E-state index contributed by atoms with van der Waals surface area (Å²) in [6.07, 6.45) is 69.6. The molecule has 1 amide bonds. The van der Waals surface area contributed by atoms with E-state index in [1.807, 2.05) is 0 Å². The number of allylic oxidation sites excluding steroid dienone is 12. The predicted octanol–water partition coefficient (Wildman–Crippen LogP) is 17.7. The lowest BCUT2D eigenvalue weighted by Crippen LogP contribution is -2.46. The van der Waals surface area contributed by atoms with Crippen molar-refractivity contribution < 1.29 is 24.5 Å². The molecule has 0 rings (SSSR count). The quantitative estimate of drug-likeness (QED) is 0.0321. The van der Waals surface area contributed by atoms with Crippen molar-refractivity contribution in [1.82, 2.24) is 5.32 Å². The Kier molecular flexibility index (Phi) is 52.1. The minimum atomic E-state index is -0.807. The molecule has 0 saturated heterocycles. The summed E-state index contributed by atoms with van der Waals surface area (Å²) in [4.78, 5) is 26.3. The summed E-state index contributed by atoms with van der Waals surface area (Å²) in [5, 5.41) is 23.9. The van der Waals surface area contributed by atoms with Gasteiger partial charge >= 0.3 is 5.97 Å². The number of carbonyl (C=O) groups is 2. The molecule has 388 valence electrons. The molecule has 3 N–H and O–H groups in total. The zero-order valence-corrected chi connectivity index (χ0v) is 44.3. The first kappa shape index (κ1) is 64.3. The van der Waals surface area contributed by atoms with E-state index in [1.165, 1.54) is 148 Å². The van der Waals surface area contributed by atoms with Crippen LogP contribution in [-0.4, -0.2) is 46.9 Å². The fraction of sp³-hybridized carbons (Fsp3) is 0.770. The van der Waals surface area contributed by atoms with Crippen molar-refractivity contribution in [3.63, 3.8) is 0 Å². The van der Waals surface area contributed by atoms with Crippen LogP contribution in [-0.2, 0) is 14.3 Å². The molecule has 3 atom stereocenters. The van der Waals surface area contributed by atoms with Crippen molar-refractivity contribution in [2.24, 2.45) is 0 Å². The highest BCUT2D eigenvalue weighted by atomic mass is 16.5. The molecule has 0 aliphatic carbocycles. The van der Waals surface area contributed by atoms with Crippen LogP contribution in [0.2, 0.25) is 0 Å². The largest absolute Gasteiger partial charge is 0.462 e. The Labute approximate surface area is 415 Å². The molecular formula is C61H109NO5. The van der Waals surface area contributed by atoms with Crippen molar-refractivity contribution in [3.8, 4) is 0 Å². The molecule has 0 radical (unpaired) electrons. The van der Waals surface area contributed by atoms with E-state index >= 15 is 0 Å². The fourth-order valence-electron chi connectivity index (χ4n) is 8.39. The number of ether oxygens (including phenoxy) is 1. The topological polar surface area (TPSA) is 95.9 Å². The van der Waals surface area contributed by atoms with Gasteiger partial charge in [0.2, 0.25) is 5.91 Å². The minimum absolute atomic E-state index is 0.0351. The molecule has 0 aromatic carbocycles. The molecule has 0 saturated carbocycles. The van der Waals surface area contributed by atoms with Gasteiger partial charge in [-0.1, -0.05) is 241 Å². The van der Waals surface area contributed by atoms with Crippen molar-refractivity contribution in [2.75, 3.05) is 6.61 Å². The van der Waals surface area contributed by atoms with E-state index in [-0.39, 0.29) is 24.9 Å². The van der Waals surface area contributed by atoms with Gasteiger partial charge in [-0.15, -0.1) is 0 Å². The van der Waals surface area contributed by atoms with Gasteiger partial charge in [0, 0.05) is 6.42 Å². The Morgan fingerprint density at radius 2 is 0.776 bits per heavy atom. The SMILES string of the molecule is CCCCC/C=C\C/C=C\C/C=C\C/C=C\CCCC(CC(=O)NC(CO)C(O)CCCCCCCCCCCCCCCC)OC(=O)CCCCCCCCC/C=C\C/C=C\CCCCC. The second-order valence-electron chi connectivity index (χ2n) is 19.3. The number of rotatable bonds is 51. The molecule has 67 heavy (non-hydrogen) atoms. The van der Waals surface area contributed by atoms with Gasteiger partial charge in [-0.2, -0.15) is 0 Å². The second-order valence-corrected chi connectivity index (χ2v) is 19.3. The van der Waals surface area contributed by atoms with Gasteiger partial charge in [-0.3, -0.25) is 9.59 Å². The molecule has 0 spiro atoms. The van der Waals surface area contributed by atoms with Crippen LogP contribution in [0.15, 0.2) is 72.9 Å². The highest BCUT2D eigenvalue weighted by molar-refractivity contribution is 5.77. The lowest BCUT2D eigenvalue weighted by atomic mass is 10.0. The zero-order chi connectivity index (χ0) is 48.8. The average molecular weight is 937 g/mol. The van der Waals surface area contributed by atoms with Crippen molar-refractivity contribution >= 4 is 11.9 Å². The number of aliphatic hydroxyl groups is 2. The maximum atomic E-state index is 13.3. The van der Waals surface area contributed by atoms with Crippen molar-refractivity contribution in [3.05, 3.63) is 72.9 Å². The molecule has 0 fully saturated rings. The molecule has 0 aromatic heterocycles. The number of unbranched alkanes of at least 4 members (excludes halogenated alkanes) is 27. The number of aliphatic hydroxyl groups excluding tert-OH is 2. The third-order valence-corrected chi connectivity index (χ3v) is 12.8. The molecule has 3 unspecified atom stereocenters. The van der Waals surface area contributed by atoms with Gasteiger partial charge in [0.1, 0.15) is 6.10 Å². The minimum Gasteiger partial charge on any atom is -0.462 e. The lowest BCUT2D eigenvalue weighted by Gasteiger charge is -2.24. The Morgan fingerprint density at radius 1 is 0.433 bits per heavy atom. The van der Waals surface area contributed by atoms with E-state index < -0.39 is 18.2 Å². The standard InChI is InChI=1S/C61H109NO5/c1-4-7-10-13-16-19-22-25-28-30-32-34-37-40-43-46-49-52-57(67-61(66)54-51-48-45-42-39-36-33-31-29-26-23-20-17-14-11-8-5-2)55-60(65)62-58(56-63)59(64)53-50-47-44-41-38-35-27-24-21-18-15-12-9-6-3/h16-17,19-20,25-26,28-29,32,34,40,43,57-59,63-64H,4-15,18,21-24,27,30-31,33,35-39,41-42,44-56H2,1-3H3,(H,62,65)/b19-16-,20-17-,28-25-,29-26-,34-32-,43-40-. The van der Waals surface area contributed by atoms with Crippen molar-refractivity contribution in [2.45, 2.75) is 296 Å². The Morgan fingerprint density at radius 3 is 1.21 bits per heavy atom. The summed E-state index contributed by atoms with van der Waals surface area (Å²) in [5.74, 6) is -0.533. The highest BCUT2D eigenvalue weighted by Crippen LogP contribution is 2.17. The third kappa shape index (κ3) is 49.5. The van der Waals surface area contributed by atoms with Crippen LogP contribution < -0.4 is 5.32 Å². The monoisotopic (exact) mass is 936 g/mol. The molecule has 0 aliphatic rings. The van der Waals surface area contributed by atoms with Gasteiger partial charge in [0.25, 0.3) is 0 Å². The Hall–Kier alpha value is -2.70. The number of hydrogen-bond acceptors (Lipinski definition) is 5. The molecule has 6 heteroatoms. The number of esters is 1. The number of carbonyl (C=O) groups excluding carboxylic acids is 2. The summed E-state index contributed by atoms with van der Waals surface area (Å²) in [5.41, 5.74) is 0. The molecule has 0 aliphatic heterocycles. The summed E-state index contributed by atoms with van der Waals surface area (Å²) in [6.45, 7) is 6.43. The molecule has 6 nitrogen and oxygen atoms in total. The second kappa shape index (κ2) is 54.2. The van der Waals surface area contributed by atoms with Gasteiger partial charge < -0.3 is 20.3 Å². The molecular weight excluding hydrogens is 827 g/mol. The van der Waals surface area contributed by atoms with Crippen LogP contribution in [0.3, 0.4) is 0 Å². The number of amides is 1. The summed E-state index contributed by atoms with van der Waals surface area (Å²) >= 11 is 0. The first-order valence-electron chi connectivity index (χ1n) is 28.7. The third-order valence-electron chi connectivity index (χ3n) is 12.8. The van der Waals surface area contributed by atoms with E-state index in [0.717, 1.165) is 83.5 Å². The van der Waals surface area contributed by atoms with Crippen molar-refractivity contribution in [1.29, 1.82) is 0 Å². The molecule has 0 bridgehead atoms. The maximum absolute atomic E-state index is 13.3. The number of hydrogen-bond donors (Lipinski definition) is 3. The zero-order valence-electron chi connectivity index (χ0n) is 44.3. The van der Waals surface area contributed by atoms with Crippen LogP contribution in [0.4, 0.5) is 0 Å². The van der Waals surface area contributed by atoms with Gasteiger partial charge in [-0.25, -0.2) is 0 Å². The Balaban J connectivity index is 4.68. The Bertz CT molecular complexity index is 1230. The van der Waals surface area contributed by atoms with Crippen LogP contribution in [0.25, 0.3) is 0 Å². The van der Waals surface area contributed by atoms with Crippen LogP contribution in [0.1, 0.15) is 278 Å². The average Bonchev–Trinajstić information content (AvgIpc) is 3.32. The smallest absolute Gasteiger partial charge is 0.306 e. The molecule has 0 aromatic rings. The van der Waals surface area contributed by atoms with E-state index in [9.17, 15) is 19.8 Å². The maximum Gasteiger partial charge on any atom is 0.306 e.